The van der Waals surface area contributed by atoms with Crippen LogP contribution in [-0.4, -0.2) is 12.5 Å². The Morgan fingerprint density at radius 2 is 2.00 bits per heavy atom. The highest BCUT2D eigenvalue weighted by Crippen LogP contribution is 2.27. The molecule has 1 aliphatic rings. The van der Waals surface area contributed by atoms with Gasteiger partial charge >= 0.3 is 0 Å². The SMILES string of the molecule is Nc1cc(NC(=O)c2ccc3c(c2)CCO3)c(F)cc1F. The van der Waals surface area contributed by atoms with Crippen LogP contribution in [0.4, 0.5) is 20.2 Å². The van der Waals surface area contributed by atoms with E-state index in [2.05, 4.69) is 5.32 Å². The minimum absolute atomic E-state index is 0.157. The van der Waals surface area contributed by atoms with Crippen LogP contribution in [0.5, 0.6) is 5.75 Å². The van der Waals surface area contributed by atoms with Gasteiger partial charge in [-0.05, 0) is 29.8 Å². The lowest BCUT2D eigenvalue weighted by Gasteiger charge is -2.09. The second-order valence-electron chi connectivity index (χ2n) is 4.73. The molecule has 108 valence electrons. The van der Waals surface area contributed by atoms with Gasteiger partial charge in [0, 0.05) is 18.1 Å². The van der Waals surface area contributed by atoms with Crippen LogP contribution < -0.4 is 15.8 Å². The van der Waals surface area contributed by atoms with E-state index >= 15 is 0 Å². The summed E-state index contributed by atoms with van der Waals surface area (Å²) < 4.78 is 32.0. The van der Waals surface area contributed by atoms with Gasteiger partial charge < -0.3 is 15.8 Å². The maximum absolute atomic E-state index is 13.6. The number of nitrogens with one attached hydrogen (secondary N) is 1. The van der Waals surface area contributed by atoms with Crippen molar-refractivity contribution in [2.75, 3.05) is 17.7 Å². The topological polar surface area (TPSA) is 64.3 Å². The quantitative estimate of drug-likeness (QED) is 0.836. The zero-order chi connectivity index (χ0) is 15.0. The van der Waals surface area contributed by atoms with Gasteiger partial charge in [0.15, 0.2) is 0 Å². The maximum atomic E-state index is 13.6. The Bertz CT molecular complexity index is 732. The number of hydrogen-bond donors (Lipinski definition) is 2. The number of hydrogen-bond acceptors (Lipinski definition) is 3. The van der Waals surface area contributed by atoms with E-state index in [9.17, 15) is 13.6 Å². The first-order valence-corrected chi connectivity index (χ1v) is 6.36. The summed E-state index contributed by atoms with van der Waals surface area (Å²) in [5.74, 6) is -1.47. The van der Waals surface area contributed by atoms with Crippen LogP contribution in [0.3, 0.4) is 0 Å². The molecule has 3 rings (SSSR count). The predicted octanol–water partition coefficient (Wildman–Crippen LogP) is 2.73. The molecule has 0 atom stereocenters. The maximum Gasteiger partial charge on any atom is 0.255 e. The minimum Gasteiger partial charge on any atom is -0.493 e. The number of carbonyl (C=O) groups is 1. The van der Waals surface area contributed by atoms with E-state index in [4.69, 9.17) is 10.5 Å². The summed E-state index contributed by atoms with van der Waals surface area (Å²) in [5, 5.41) is 2.38. The predicted molar refractivity (Wildman–Crippen MR) is 74.4 cm³/mol. The lowest BCUT2D eigenvalue weighted by atomic mass is 10.1. The molecule has 0 saturated carbocycles. The standard InChI is InChI=1S/C15H12F2N2O2/c16-10-6-11(17)13(7-12(10)18)19-15(20)9-1-2-14-8(5-9)3-4-21-14/h1-2,5-7H,3-4,18H2,(H,19,20). The lowest BCUT2D eigenvalue weighted by molar-refractivity contribution is 0.102. The molecular formula is C15H12F2N2O2. The smallest absolute Gasteiger partial charge is 0.255 e. The van der Waals surface area contributed by atoms with E-state index in [1.807, 2.05) is 0 Å². The monoisotopic (exact) mass is 290 g/mol. The molecule has 1 amide bonds. The Balaban J connectivity index is 1.85. The minimum atomic E-state index is -0.875. The number of fused-ring (bicyclic) bond motifs is 1. The van der Waals surface area contributed by atoms with Crippen LogP contribution in [0.2, 0.25) is 0 Å². The first-order valence-electron chi connectivity index (χ1n) is 6.36. The van der Waals surface area contributed by atoms with Crippen LogP contribution in [0.15, 0.2) is 30.3 Å². The summed E-state index contributed by atoms with van der Waals surface area (Å²) in [6.07, 6.45) is 0.730. The van der Waals surface area contributed by atoms with Crippen molar-refractivity contribution in [1.82, 2.24) is 0 Å². The molecule has 0 fully saturated rings. The average molecular weight is 290 g/mol. The third-order valence-corrected chi connectivity index (χ3v) is 3.29. The van der Waals surface area contributed by atoms with Crippen molar-refractivity contribution < 1.29 is 18.3 Å². The Labute approximate surface area is 119 Å². The molecule has 1 heterocycles. The van der Waals surface area contributed by atoms with Crippen molar-refractivity contribution in [2.24, 2.45) is 0 Å². The molecular weight excluding hydrogens is 278 g/mol. The fraction of sp³-hybridized carbons (Fsp3) is 0.133. The van der Waals surface area contributed by atoms with E-state index in [1.54, 1.807) is 18.2 Å². The first kappa shape index (κ1) is 13.4. The number of anilines is 2. The number of nitrogens with two attached hydrogens (primary N) is 1. The molecule has 1 aliphatic heterocycles. The van der Waals surface area contributed by atoms with Crippen LogP contribution in [0.1, 0.15) is 15.9 Å². The van der Waals surface area contributed by atoms with Crippen LogP contribution >= 0.6 is 0 Å². The molecule has 2 aromatic carbocycles. The Morgan fingerprint density at radius 3 is 2.81 bits per heavy atom. The number of nitrogen functional groups attached to an aromatic ring is 1. The highest BCUT2D eigenvalue weighted by Gasteiger charge is 2.16. The summed E-state index contributed by atoms with van der Waals surface area (Å²) in [6.45, 7) is 0.587. The molecule has 0 saturated heterocycles. The summed E-state index contributed by atoms with van der Waals surface area (Å²) in [4.78, 5) is 12.1. The van der Waals surface area contributed by atoms with Crippen molar-refractivity contribution in [2.45, 2.75) is 6.42 Å². The number of halogens is 2. The molecule has 6 heteroatoms. The van der Waals surface area contributed by atoms with Crippen molar-refractivity contribution in [1.29, 1.82) is 0 Å². The highest BCUT2D eigenvalue weighted by atomic mass is 19.1. The Morgan fingerprint density at radius 1 is 1.19 bits per heavy atom. The molecule has 21 heavy (non-hydrogen) atoms. The van der Waals surface area contributed by atoms with Crippen LogP contribution in [0.25, 0.3) is 0 Å². The van der Waals surface area contributed by atoms with E-state index < -0.39 is 17.5 Å². The van der Waals surface area contributed by atoms with Gasteiger partial charge in [0.2, 0.25) is 0 Å². The van der Waals surface area contributed by atoms with Crippen LogP contribution in [-0.2, 0) is 6.42 Å². The molecule has 0 aromatic heterocycles. The zero-order valence-electron chi connectivity index (χ0n) is 11.0. The Kier molecular flexibility index (Phi) is 3.21. The summed E-state index contributed by atoms with van der Waals surface area (Å²) in [6, 6.07) is 6.68. The van der Waals surface area contributed by atoms with Gasteiger partial charge in [0.1, 0.15) is 17.4 Å². The Hall–Kier alpha value is -2.63. The van der Waals surface area contributed by atoms with Gasteiger partial charge in [-0.2, -0.15) is 0 Å². The van der Waals surface area contributed by atoms with Gasteiger partial charge in [-0.25, -0.2) is 8.78 Å². The number of ether oxygens (including phenoxy) is 1. The van der Waals surface area contributed by atoms with E-state index in [1.165, 1.54) is 0 Å². The lowest BCUT2D eigenvalue weighted by Crippen LogP contribution is -2.13. The van der Waals surface area contributed by atoms with Gasteiger partial charge in [-0.1, -0.05) is 0 Å². The normalized spacial score (nSPS) is 12.7. The first-order chi connectivity index (χ1) is 10.0. The largest absolute Gasteiger partial charge is 0.493 e. The van der Waals surface area contributed by atoms with Gasteiger partial charge in [-0.15, -0.1) is 0 Å². The summed E-state index contributed by atoms with van der Waals surface area (Å²) in [7, 11) is 0. The average Bonchev–Trinajstić information content (AvgIpc) is 2.92. The number of benzene rings is 2. The molecule has 0 aliphatic carbocycles. The molecule has 3 N–H and O–H groups in total. The zero-order valence-corrected chi connectivity index (χ0v) is 11.0. The molecule has 4 nitrogen and oxygen atoms in total. The summed E-state index contributed by atoms with van der Waals surface area (Å²) >= 11 is 0. The fourth-order valence-electron chi connectivity index (χ4n) is 2.18. The number of amides is 1. The molecule has 0 spiro atoms. The summed E-state index contributed by atoms with van der Waals surface area (Å²) in [5.41, 5.74) is 6.29. The fourth-order valence-corrected chi connectivity index (χ4v) is 2.18. The number of rotatable bonds is 2. The third-order valence-electron chi connectivity index (χ3n) is 3.29. The molecule has 0 bridgehead atoms. The van der Waals surface area contributed by atoms with Crippen molar-refractivity contribution in [3.05, 3.63) is 53.1 Å². The molecule has 0 unspecified atom stereocenters. The van der Waals surface area contributed by atoms with Crippen molar-refractivity contribution in [3.63, 3.8) is 0 Å². The molecule has 2 aromatic rings. The van der Waals surface area contributed by atoms with Crippen molar-refractivity contribution >= 4 is 17.3 Å². The van der Waals surface area contributed by atoms with E-state index in [-0.39, 0.29) is 11.4 Å². The number of carbonyl (C=O) groups excluding carboxylic acids is 1. The van der Waals surface area contributed by atoms with E-state index in [0.717, 1.165) is 23.8 Å². The third kappa shape index (κ3) is 2.52. The van der Waals surface area contributed by atoms with Crippen molar-refractivity contribution in [3.8, 4) is 5.75 Å². The molecule has 0 radical (unpaired) electrons. The van der Waals surface area contributed by atoms with Gasteiger partial charge in [0.25, 0.3) is 5.91 Å². The highest BCUT2D eigenvalue weighted by molar-refractivity contribution is 6.04. The van der Waals surface area contributed by atoms with E-state index in [0.29, 0.717) is 18.2 Å². The second-order valence-corrected chi connectivity index (χ2v) is 4.73. The van der Waals surface area contributed by atoms with Gasteiger partial charge in [0.05, 0.1) is 18.0 Å². The second kappa shape index (κ2) is 5.05. The van der Waals surface area contributed by atoms with Gasteiger partial charge in [-0.3, -0.25) is 4.79 Å². The van der Waals surface area contributed by atoms with Crippen LogP contribution in [0, 0.1) is 11.6 Å².